The molecule has 0 aliphatic heterocycles. The topological polar surface area (TPSA) is 29.1 Å². The molecule has 0 aliphatic carbocycles. The monoisotopic (exact) mass is 241 g/mol. The molecule has 1 amide bonds. The van der Waals surface area contributed by atoms with Crippen molar-refractivity contribution in [3.05, 3.63) is 23.6 Å². The van der Waals surface area contributed by atoms with E-state index in [0.717, 1.165) is 19.7 Å². The van der Waals surface area contributed by atoms with Crippen LogP contribution in [0.25, 0.3) is 10.4 Å². The molecule has 0 spiro atoms. The van der Waals surface area contributed by atoms with Gasteiger partial charge in [0, 0.05) is 15.8 Å². The number of thiol groups is 1. The molecule has 1 N–H and O–H groups in total. The van der Waals surface area contributed by atoms with Crippen LogP contribution in [0.15, 0.2) is 27.8 Å². The summed E-state index contributed by atoms with van der Waals surface area (Å²) in [6.07, 6.45) is 0.688. The minimum Gasteiger partial charge on any atom is -0.320 e. The Morgan fingerprint density at radius 2 is 2.29 bits per heavy atom. The quantitative estimate of drug-likeness (QED) is 0.626. The Balaban J connectivity index is 2.28. The third kappa shape index (κ3) is 2.00. The highest BCUT2D eigenvalue weighted by Crippen LogP contribution is 2.34. The average molecular weight is 241 g/mol. The molecule has 2 aromatic heterocycles. The summed E-state index contributed by atoms with van der Waals surface area (Å²) in [6.45, 7) is 0. The molecule has 5 heteroatoms. The maximum absolute atomic E-state index is 10.2. The van der Waals surface area contributed by atoms with Crippen LogP contribution in [-0.4, -0.2) is 6.41 Å². The first-order chi connectivity index (χ1) is 6.79. The van der Waals surface area contributed by atoms with E-state index in [1.807, 2.05) is 18.2 Å². The molecule has 14 heavy (non-hydrogen) atoms. The Morgan fingerprint density at radius 1 is 1.43 bits per heavy atom. The molecule has 0 saturated heterocycles. The number of thiophene rings is 2. The summed E-state index contributed by atoms with van der Waals surface area (Å²) in [4.78, 5) is 11.4. The van der Waals surface area contributed by atoms with Crippen molar-refractivity contribution in [2.45, 2.75) is 4.21 Å². The molecule has 2 rings (SSSR count). The van der Waals surface area contributed by atoms with Crippen molar-refractivity contribution in [3.8, 4) is 10.4 Å². The number of nitrogens with one attached hydrogen (secondary N) is 1. The molecular weight excluding hydrogens is 234 g/mol. The Morgan fingerprint density at radius 3 is 2.93 bits per heavy atom. The maximum atomic E-state index is 10.2. The predicted octanol–water partition coefficient (Wildman–Crippen LogP) is 3.33. The van der Waals surface area contributed by atoms with Gasteiger partial charge in [0.1, 0.15) is 0 Å². The second kappa shape index (κ2) is 4.16. The third-order valence-corrected chi connectivity index (χ3v) is 3.92. The molecule has 0 fully saturated rings. The van der Waals surface area contributed by atoms with Crippen molar-refractivity contribution >= 4 is 46.7 Å². The van der Waals surface area contributed by atoms with Crippen LogP contribution in [0, 0.1) is 0 Å². The number of carbonyl (C=O) groups excluding carboxylic acids is 1. The van der Waals surface area contributed by atoms with Crippen molar-refractivity contribution in [3.63, 3.8) is 0 Å². The zero-order valence-electron chi connectivity index (χ0n) is 7.06. The minimum atomic E-state index is 0.688. The highest BCUT2D eigenvalue weighted by atomic mass is 32.2. The maximum Gasteiger partial charge on any atom is 0.212 e. The van der Waals surface area contributed by atoms with Crippen molar-refractivity contribution in [1.29, 1.82) is 0 Å². The minimum absolute atomic E-state index is 0.688. The second-order valence-electron chi connectivity index (χ2n) is 2.60. The van der Waals surface area contributed by atoms with E-state index in [1.165, 1.54) is 0 Å². The molecule has 0 aliphatic rings. The van der Waals surface area contributed by atoms with Crippen molar-refractivity contribution in [2.75, 3.05) is 5.32 Å². The zero-order chi connectivity index (χ0) is 9.97. The van der Waals surface area contributed by atoms with Gasteiger partial charge < -0.3 is 5.32 Å². The van der Waals surface area contributed by atoms with E-state index in [2.05, 4.69) is 23.3 Å². The van der Waals surface area contributed by atoms with Gasteiger partial charge in [-0.25, -0.2) is 0 Å². The predicted molar refractivity (Wildman–Crippen MR) is 64.6 cm³/mol. The van der Waals surface area contributed by atoms with E-state index in [9.17, 15) is 4.79 Å². The first kappa shape index (κ1) is 9.76. The van der Waals surface area contributed by atoms with E-state index in [0.29, 0.717) is 6.41 Å². The van der Waals surface area contributed by atoms with E-state index in [-0.39, 0.29) is 0 Å². The van der Waals surface area contributed by atoms with Gasteiger partial charge in [0.15, 0.2) is 0 Å². The molecule has 0 saturated carbocycles. The average Bonchev–Trinajstić information content (AvgIpc) is 2.74. The molecule has 2 nitrogen and oxygen atoms in total. The lowest BCUT2D eigenvalue weighted by Gasteiger charge is -1.89. The van der Waals surface area contributed by atoms with Gasteiger partial charge in [-0.1, -0.05) is 0 Å². The molecular formula is C9H7NOS3. The smallest absolute Gasteiger partial charge is 0.212 e. The van der Waals surface area contributed by atoms with E-state index in [1.54, 1.807) is 22.7 Å². The van der Waals surface area contributed by atoms with Gasteiger partial charge in [-0.15, -0.1) is 35.3 Å². The number of hydrogen-bond donors (Lipinski definition) is 2. The highest BCUT2D eigenvalue weighted by molar-refractivity contribution is 7.82. The summed E-state index contributed by atoms with van der Waals surface area (Å²) >= 11 is 7.41. The largest absolute Gasteiger partial charge is 0.320 e. The van der Waals surface area contributed by atoms with Gasteiger partial charge in [0.2, 0.25) is 6.41 Å². The van der Waals surface area contributed by atoms with Crippen LogP contribution in [0.4, 0.5) is 5.00 Å². The summed E-state index contributed by atoms with van der Waals surface area (Å²) in [7, 11) is 0. The van der Waals surface area contributed by atoms with E-state index < -0.39 is 0 Å². The van der Waals surface area contributed by atoms with Crippen LogP contribution in [0.3, 0.4) is 0 Å². The van der Waals surface area contributed by atoms with Gasteiger partial charge >= 0.3 is 0 Å². The normalized spacial score (nSPS) is 10.1. The second-order valence-corrected chi connectivity index (χ2v) is 5.38. The fourth-order valence-corrected chi connectivity index (χ4v) is 2.94. The molecule has 0 aromatic carbocycles. The van der Waals surface area contributed by atoms with Gasteiger partial charge in [-0.2, -0.15) is 0 Å². The van der Waals surface area contributed by atoms with Gasteiger partial charge in [-0.05, 0) is 18.2 Å². The lowest BCUT2D eigenvalue weighted by atomic mass is 10.3. The number of carbonyl (C=O) groups is 1. The van der Waals surface area contributed by atoms with Crippen LogP contribution < -0.4 is 5.32 Å². The summed E-state index contributed by atoms with van der Waals surface area (Å²) in [5, 5.41) is 5.54. The number of anilines is 1. The van der Waals surface area contributed by atoms with E-state index in [4.69, 9.17) is 0 Å². The molecule has 0 radical (unpaired) electrons. The Hall–Kier alpha value is -0.780. The summed E-state index contributed by atoms with van der Waals surface area (Å²) in [5.41, 5.74) is 1.16. The van der Waals surface area contributed by atoms with Crippen LogP contribution in [0.1, 0.15) is 0 Å². The Kier molecular flexibility index (Phi) is 2.90. The third-order valence-electron chi connectivity index (χ3n) is 1.68. The molecule has 72 valence electrons. The van der Waals surface area contributed by atoms with Crippen molar-refractivity contribution in [2.24, 2.45) is 0 Å². The van der Waals surface area contributed by atoms with Crippen LogP contribution in [0.2, 0.25) is 0 Å². The van der Waals surface area contributed by atoms with Crippen molar-refractivity contribution in [1.82, 2.24) is 0 Å². The fourth-order valence-electron chi connectivity index (χ4n) is 1.08. The standard InChI is InChI=1S/C9H7NOS3/c11-5-10-8-2-1-7(14-8)6-3-9(12)13-4-6/h1-5,12H,(H,10,11). The highest BCUT2D eigenvalue weighted by Gasteiger charge is 2.03. The zero-order valence-corrected chi connectivity index (χ0v) is 9.59. The summed E-state index contributed by atoms with van der Waals surface area (Å²) in [5.74, 6) is 0. The van der Waals surface area contributed by atoms with Gasteiger partial charge in [0.25, 0.3) is 0 Å². The van der Waals surface area contributed by atoms with Crippen LogP contribution in [-0.2, 0) is 4.79 Å². The number of amides is 1. The first-order valence-electron chi connectivity index (χ1n) is 3.87. The molecule has 0 atom stereocenters. The molecule has 0 bridgehead atoms. The lowest BCUT2D eigenvalue weighted by molar-refractivity contribution is -0.105. The molecule has 0 unspecified atom stereocenters. The van der Waals surface area contributed by atoms with E-state index >= 15 is 0 Å². The lowest BCUT2D eigenvalue weighted by Crippen LogP contribution is -1.88. The van der Waals surface area contributed by atoms with Gasteiger partial charge in [-0.3, -0.25) is 4.79 Å². The molecule has 2 aromatic rings. The fraction of sp³-hybridized carbons (Fsp3) is 0. The first-order valence-corrected chi connectivity index (χ1v) is 6.02. The number of hydrogen-bond acceptors (Lipinski definition) is 4. The van der Waals surface area contributed by atoms with Gasteiger partial charge in [0.05, 0.1) is 9.21 Å². The Bertz CT molecular complexity index is 446. The van der Waals surface area contributed by atoms with Crippen LogP contribution in [0.5, 0.6) is 0 Å². The summed E-state index contributed by atoms with van der Waals surface area (Å²) < 4.78 is 0.998. The van der Waals surface area contributed by atoms with Crippen molar-refractivity contribution < 1.29 is 4.79 Å². The Labute approximate surface area is 95.0 Å². The number of rotatable bonds is 3. The SMILES string of the molecule is O=CNc1ccc(-c2csc(S)c2)s1. The summed E-state index contributed by atoms with van der Waals surface area (Å²) in [6, 6.07) is 5.90. The van der Waals surface area contributed by atoms with Crippen LogP contribution >= 0.6 is 35.3 Å². The molecule has 2 heterocycles.